The van der Waals surface area contributed by atoms with E-state index in [9.17, 15) is 0 Å². The van der Waals surface area contributed by atoms with Crippen molar-refractivity contribution in [1.82, 2.24) is 0 Å². The van der Waals surface area contributed by atoms with Crippen LogP contribution in [0.15, 0.2) is 12.2 Å². The first-order chi connectivity index (χ1) is 5.31. The molecule has 0 amide bonds. The van der Waals surface area contributed by atoms with Gasteiger partial charge in [-0.25, -0.2) is 0 Å². The average Bonchev–Trinajstić information content (AvgIpc) is 1.79. The van der Waals surface area contributed by atoms with Gasteiger partial charge in [-0.2, -0.15) is 0 Å². The summed E-state index contributed by atoms with van der Waals surface area (Å²) in [5.74, 6) is 0. The number of quaternary nitrogens is 1. The average molecular weight is 208 g/mol. The Bertz CT molecular complexity index is 151. The maximum Gasteiger partial charge on any atom is 0.104 e. The molecule has 0 heterocycles. The first kappa shape index (κ1) is 15.4. The van der Waals surface area contributed by atoms with Gasteiger partial charge in [-0.15, -0.1) is 0 Å². The summed E-state index contributed by atoms with van der Waals surface area (Å²) in [5, 5.41) is 0. The molecule has 0 aromatic heterocycles. The van der Waals surface area contributed by atoms with Crippen molar-refractivity contribution in [3.63, 3.8) is 0 Å². The molecule has 0 N–H and O–H groups in total. The van der Waals surface area contributed by atoms with Crippen molar-refractivity contribution >= 4 is 0 Å². The number of likely N-dealkylation sites (N-methyl/N-ethyl adjacent to an activating group) is 1. The van der Waals surface area contributed by atoms with Crippen LogP contribution in [-0.4, -0.2) is 44.9 Å². The van der Waals surface area contributed by atoms with Crippen LogP contribution >= 0.6 is 0 Å². The second-order valence-electron chi connectivity index (χ2n) is 4.55. The summed E-state index contributed by atoms with van der Waals surface area (Å²) in [6.07, 6.45) is 0.307. The van der Waals surface area contributed by atoms with Crippen LogP contribution in [-0.2, 0) is 4.74 Å². The molecule has 0 aliphatic rings. The van der Waals surface area contributed by atoms with Crippen LogP contribution in [0.2, 0.25) is 0 Å². The van der Waals surface area contributed by atoms with Gasteiger partial charge in [0.15, 0.2) is 0 Å². The van der Waals surface area contributed by atoms with Gasteiger partial charge >= 0.3 is 0 Å². The standard InChI is InChI=1S/C10H22NO.ClH/c1-9(2)8-12-10(3)7-11(4,5)6;/h10H,1,7-8H2,2-6H3;1H/q+1;/p-1. The van der Waals surface area contributed by atoms with Crippen molar-refractivity contribution < 1.29 is 21.6 Å². The van der Waals surface area contributed by atoms with Crippen molar-refractivity contribution in [1.29, 1.82) is 0 Å². The molecule has 0 spiro atoms. The zero-order chi connectivity index (χ0) is 9.78. The highest BCUT2D eigenvalue weighted by Gasteiger charge is 2.13. The Labute approximate surface area is 88.6 Å². The number of nitrogens with zero attached hydrogens (tertiary/aromatic N) is 1. The van der Waals surface area contributed by atoms with E-state index >= 15 is 0 Å². The van der Waals surface area contributed by atoms with E-state index in [0.29, 0.717) is 12.7 Å². The minimum atomic E-state index is 0. The van der Waals surface area contributed by atoms with E-state index in [4.69, 9.17) is 4.74 Å². The molecule has 0 aromatic rings. The van der Waals surface area contributed by atoms with Crippen LogP contribution in [0.3, 0.4) is 0 Å². The number of ether oxygens (including phenoxy) is 1. The van der Waals surface area contributed by atoms with Gasteiger partial charge in [0.25, 0.3) is 0 Å². The lowest BCUT2D eigenvalue weighted by Crippen LogP contribution is -3.00. The monoisotopic (exact) mass is 207 g/mol. The number of halogens is 1. The molecule has 0 fully saturated rings. The summed E-state index contributed by atoms with van der Waals surface area (Å²) < 4.78 is 6.51. The predicted molar refractivity (Wildman–Crippen MR) is 53.1 cm³/mol. The fourth-order valence-electron chi connectivity index (χ4n) is 1.11. The van der Waals surface area contributed by atoms with E-state index in [1.54, 1.807) is 0 Å². The first-order valence-corrected chi connectivity index (χ1v) is 4.37. The summed E-state index contributed by atoms with van der Waals surface area (Å²) >= 11 is 0. The van der Waals surface area contributed by atoms with Crippen LogP contribution in [0.25, 0.3) is 0 Å². The Morgan fingerprint density at radius 1 is 1.38 bits per heavy atom. The van der Waals surface area contributed by atoms with Gasteiger partial charge in [-0.05, 0) is 13.8 Å². The minimum absolute atomic E-state index is 0. The van der Waals surface area contributed by atoms with Gasteiger partial charge in [0, 0.05) is 0 Å². The van der Waals surface area contributed by atoms with Gasteiger partial charge in [-0.3, -0.25) is 0 Å². The third-order valence-corrected chi connectivity index (χ3v) is 1.42. The molecule has 0 aromatic carbocycles. The van der Waals surface area contributed by atoms with Crippen molar-refractivity contribution in [2.24, 2.45) is 0 Å². The Morgan fingerprint density at radius 2 is 1.85 bits per heavy atom. The summed E-state index contributed by atoms with van der Waals surface area (Å²) in [6.45, 7) is 9.60. The van der Waals surface area contributed by atoms with Gasteiger partial charge < -0.3 is 21.6 Å². The molecular weight excluding hydrogens is 186 g/mol. The number of hydrogen-bond acceptors (Lipinski definition) is 1. The zero-order valence-electron chi connectivity index (χ0n) is 9.43. The van der Waals surface area contributed by atoms with Crippen molar-refractivity contribution in [2.75, 3.05) is 34.3 Å². The van der Waals surface area contributed by atoms with Gasteiger partial charge in [0.2, 0.25) is 0 Å². The van der Waals surface area contributed by atoms with E-state index in [0.717, 1.165) is 16.6 Å². The Kier molecular flexibility index (Phi) is 7.61. The summed E-state index contributed by atoms with van der Waals surface area (Å²) in [5.41, 5.74) is 1.09. The minimum Gasteiger partial charge on any atom is -1.00 e. The largest absolute Gasteiger partial charge is 1.00 e. The van der Waals surface area contributed by atoms with Crippen molar-refractivity contribution in [3.05, 3.63) is 12.2 Å². The molecule has 0 saturated heterocycles. The molecule has 2 nitrogen and oxygen atoms in total. The molecule has 13 heavy (non-hydrogen) atoms. The van der Waals surface area contributed by atoms with Crippen LogP contribution in [0.1, 0.15) is 13.8 Å². The van der Waals surface area contributed by atoms with Gasteiger partial charge in [0.05, 0.1) is 27.7 Å². The summed E-state index contributed by atoms with van der Waals surface area (Å²) in [6, 6.07) is 0. The molecule has 80 valence electrons. The lowest BCUT2D eigenvalue weighted by atomic mass is 10.3. The molecule has 0 aliphatic carbocycles. The maximum absolute atomic E-state index is 5.56. The number of rotatable bonds is 5. The fraction of sp³-hybridized carbons (Fsp3) is 0.800. The molecular formula is C10H22ClNO. The third-order valence-electron chi connectivity index (χ3n) is 1.42. The molecule has 0 saturated carbocycles. The van der Waals surface area contributed by atoms with Gasteiger partial charge in [0.1, 0.15) is 12.6 Å². The SMILES string of the molecule is C=C(C)COC(C)C[N+](C)(C)C.[Cl-]. The molecule has 0 rings (SSSR count). The van der Waals surface area contributed by atoms with Crippen molar-refractivity contribution in [3.8, 4) is 0 Å². The highest BCUT2D eigenvalue weighted by molar-refractivity contribution is 4.87. The molecule has 1 atom stereocenters. The van der Waals surface area contributed by atoms with E-state index in [-0.39, 0.29) is 12.4 Å². The van der Waals surface area contributed by atoms with E-state index in [1.807, 2.05) is 6.92 Å². The Balaban J connectivity index is 0. The van der Waals surface area contributed by atoms with Crippen LogP contribution < -0.4 is 12.4 Å². The van der Waals surface area contributed by atoms with Crippen LogP contribution in [0.5, 0.6) is 0 Å². The lowest BCUT2D eigenvalue weighted by molar-refractivity contribution is -0.873. The molecule has 0 aliphatic heterocycles. The number of hydrogen-bond donors (Lipinski definition) is 0. The van der Waals surface area contributed by atoms with Gasteiger partial charge in [-0.1, -0.05) is 12.2 Å². The quantitative estimate of drug-likeness (QED) is 0.402. The molecule has 0 radical (unpaired) electrons. The van der Waals surface area contributed by atoms with E-state index in [2.05, 4.69) is 34.6 Å². The zero-order valence-corrected chi connectivity index (χ0v) is 10.2. The maximum atomic E-state index is 5.56. The first-order valence-electron chi connectivity index (χ1n) is 4.37. The topological polar surface area (TPSA) is 9.23 Å². The van der Waals surface area contributed by atoms with Crippen LogP contribution in [0.4, 0.5) is 0 Å². The fourth-order valence-corrected chi connectivity index (χ4v) is 1.11. The Morgan fingerprint density at radius 3 is 2.15 bits per heavy atom. The predicted octanol–water partition coefficient (Wildman–Crippen LogP) is -1.32. The smallest absolute Gasteiger partial charge is 0.104 e. The lowest BCUT2D eigenvalue weighted by Gasteiger charge is -2.27. The highest BCUT2D eigenvalue weighted by atomic mass is 35.5. The molecule has 3 heteroatoms. The molecule has 1 unspecified atom stereocenters. The van der Waals surface area contributed by atoms with E-state index in [1.165, 1.54) is 0 Å². The second-order valence-corrected chi connectivity index (χ2v) is 4.55. The highest BCUT2D eigenvalue weighted by Crippen LogP contribution is 2.00. The van der Waals surface area contributed by atoms with Crippen molar-refractivity contribution in [2.45, 2.75) is 20.0 Å². The molecule has 0 bridgehead atoms. The van der Waals surface area contributed by atoms with Crippen LogP contribution in [0, 0.1) is 0 Å². The summed E-state index contributed by atoms with van der Waals surface area (Å²) in [7, 11) is 6.50. The van der Waals surface area contributed by atoms with E-state index < -0.39 is 0 Å². The second kappa shape index (κ2) is 6.41. The third kappa shape index (κ3) is 12.0. The normalized spacial score (nSPS) is 13.3. The summed E-state index contributed by atoms with van der Waals surface area (Å²) in [4.78, 5) is 0. The Hall–Kier alpha value is -0.0500.